The predicted molar refractivity (Wildman–Crippen MR) is 156 cm³/mol. The Hall–Kier alpha value is -0.650. The van der Waals surface area contributed by atoms with Crippen LogP contribution < -0.4 is 0 Å². The summed E-state index contributed by atoms with van der Waals surface area (Å²) in [5.41, 5.74) is -0.383. The first-order chi connectivity index (χ1) is 18.4. The molecule has 6 fully saturated rings. The van der Waals surface area contributed by atoms with E-state index < -0.39 is 5.60 Å². The van der Waals surface area contributed by atoms with E-state index >= 15 is 0 Å². The summed E-state index contributed by atoms with van der Waals surface area (Å²) in [7, 11) is 0. The summed E-state index contributed by atoms with van der Waals surface area (Å²) >= 11 is 0. The quantitative estimate of drug-likeness (QED) is 0.358. The summed E-state index contributed by atoms with van der Waals surface area (Å²) in [4.78, 5) is 13.0. The Morgan fingerprint density at radius 2 is 1.62 bits per heavy atom. The Bertz CT molecular complexity index is 1030. The van der Waals surface area contributed by atoms with Crippen LogP contribution in [0.15, 0.2) is 0 Å². The van der Waals surface area contributed by atoms with Crippen molar-refractivity contribution in [3.05, 3.63) is 0 Å². The second-order valence-corrected chi connectivity index (χ2v) is 17.5. The fourth-order valence-corrected chi connectivity index (χ4v) is 12.3. The van der Waals surface area contributed by atoms with Gasteiger partial charge in [0.2, 0.25) is 0 Å². The smallest absolute Gasteiger partial charge is 0.309 e. The maximum atomic E-state index is 13.0. The lowest BCUT2D eigenvalue weighted by atomic mass is 9.46. The van der Waals surface area contributed by atoms with Crippen molar-refractivity contribution < 1.29 is 24.5 Å². The highest BCUT2D eigenvalue weighted by molar-refractivity contribution is 5.72. The first-order valence-corrected chi connectivity index (χ1v) is 16.7. The number of rotatable bonds is 5. The van der Waals surface area contributed by atoms with Gasteiger partial charge in [-0.05, 0) is 125 Å². The Balaban J connectivity index is 1.22. The zero-order valence-electron chi connectivity index (χ0n) is 26.9. The molecule has 228 valence electrons. The molecule has 0 aromatic carbocycles. The highest BCUT2D eigenvalue weighted by atomic mass is 16.5. The van der Waals surface area contributed by atoms with E-state index in [0.29, 0.717) is 34.5 Å². The van der Waals surface area contributed by atoms with Crippen LogP contribution in [0.5, 0.6) is 0 Å². The van der Waals surface area contributed by atoms with Gasteiger partial charge in [0.1, 0.15) is 6.10 Å². The van der Waals surface area contributed by atoms with Gasteiger partial charge < -0.3 is 19.7 Å². The van der Waals surface area contributed by atoms with Crippen LogP contribution in [0.25, 0.3) is 0 Å². The van der Waals surface area contributed by atoms with Crippen molar-refractivity contribution in [2.75, 3.05) is 0 Å². The van der Waals surface area contributed by atoms with E-state index in [1.807, 2.05) is 20.8 Å². The molecule has 1 saturated heterocycles. The molecule has 5 aliphatic carbocycles. The maximum absolute atomic E-state index is 13.0. The number of hydrogen-bond donors (Lipinski definition) is 2. The van der Waals surface area contributed by atoms with Crippen LogP contribution in [0.4, 0.5) is 0 Å². The lowest BCUT2D eigenvalue weighted by molar-refractivity contribution is -0.187. The molecule has 0 aromatic rings. The number of hydrogen-bond acceptors (Lipinski definition) is 5. The van der Waals surface area contributed by atoms with Crippen molar-refractivity contribution >= 4 is 5.97 Å². The molecular weight excluding hydrogens is 500 g/mol. The van der Waals surface area contributed by atoms with Gasteiger partial charge in [0.25, 0.3) is 0 Å². The van der Waals surface area contributed by atoms with Gasteiger partial charge in [0.05, 0.1) is 29.3 Å². The largest absolute Gasteiger partial charge is 0.462 e. The van der Waals surface area contributed by atoms with Gasteiger partial charge >= 0.3 is 5.97 Å². The summed E-state index contributed by atoms with van der Waals surface area (Å²) in [5.74, 6) is 2.16. The Kier molecular flexibility index (Phi) is 6.58. The van der Waals surface area contributed by atoms with Crippen LogP contribution in [-0.2, 0) is 14.3 Å². The molecule has 5 nitrogen and oxygen atoms in total. The third kappa shape index (κ3) is 3.84. The molecule has 2 N–H and O–H groups in total. The Labute approximate surface area is 243 Å². The average Bonchev–Trinajstić information content (AvgIpc) is 3.19. The molecule has 0 amide bonds. The van der Waals surface area contributed by atoms with Gasteiger partial charge in [-0.1, -0.05) is 41.5 Å². The fourth-order valence-electron chi connectivity index (χ4n) is 12.3. The highest BCUT2D eigenvalue weighted by Gasteiger charge is 2.81. The molecule has 1 aliphatic heterocycles. The second-order valence-electron chi connectivity index (χ2n) is 17.5. The number of carbonyl (C=O) groups excluding carboxylic acids is 1. The minimum atomic E-state index is -0.857. The molecule has 5 saturated carbocycles. The number of aliphatic hydroxyl groups excluding tert-OH is 1. The zero-order valence-corrected chi connectivity index (χ0v) is 26.9. The van der Waals surface area contributed by atoms with Crippen LogP contribution in [0.3, 0.4) is 0 Å². The standard InChI is InChI=1S/C35H58O5/c1-20(2)21(3)29(37)39-26-13-15-35-19-34(35)17-16-32(8)23(22(34)10-11-25(35)30(26,4)5)18-24(36)28(32)33(9)14-12-27(40-33)31(6,7)38/h20-28,36,38H,10-19H2,1-9H3. The predicted octanol–water partition coefficient (Wildman–Crippen LogP) is 6.92. The van der Waals surface area contributed by atoms with Crippen molar-refractivity contribution in [1.82, 2.24) is 0 Å². The van der Waals surface area contributed by atoms with Gasteiger partial charge in [0, 0.05) is 11.3 Å². The van der Waals surface area contributed by atoms with Crippen LogP contribution in [0, 0.1) is 57.2 Å². The summed E-state index contributed by atoms with van der Waals surface area (Å²) in [6.45, 7) is 19.4. The van der Waals surface area contributed by atoms with Crippen molar-refractivity contribution in [1.29, 1.82) is 0 Å². The van der Waals surface area contributed by atoms with Crippen molar-refractivity contribution in [2.45, 2.75) is 156 Å². The first kappa shape index (κ1) is 29.4. The van der Waals surface area contributed by atoms with E-state index in [2.05, 4.69) is 41.5 Å². The SMILES string of the molecule is CC(C)C(C)C(=O)OC1CCC23CC24CCC2(C)C(CC(O)C2C2(C)CCC(C(C)(C)O)O2)C4CCC3C1(C)C. The minimum Gasteiger partial charge on any atom is -0.462 e. The number of ether oxygens (including phenoxy) is 2. The van der Waals surface area contributed by atoms with Gasteiger partial charge in [-0.15, -0.1) is 0 Å². The summed E-state index contributed by atoms with van der Waals surface area (Å²) < 4.78 is 13.0. The summed E-state index contributed by atoms with van der Waals surface area (Å²) in [6.07, 6.45) is 10.6. The maximum Gasteiger partial charge on any atom is 0.309 e. The topological polar surface area (TPSA) is 76.0 Å². The molecule has 1 heterocycles. The van der Waals surface area contributed by atoms with Gasteiger partial charge in [-0.3, -0.25) is 4.79 Å². The molecule has 12 unspecified atom stereocenters. The first-order valence-electron chi connectivity index (χ1n) is 16.7. The summed E-state index contributed by atoms with van der Waals surface area (Å²) in [5, 5.41) is 22.4. The van der Waals surface area contributed by atoms with E-state index in [0.717, 1.165) is 25.7 Å². The van der Waals surface area contributed by atoms with Crippen LogP contribution >= 0.6 is 0 Å². The molecule has 12 atom stereocenters. The molecule has 6 aliphatic rings. The lowest BCUT2D eigenvalue weighted by Crippen LogP contribution is -2.56. The van der Waals surface area contributed by atoms with E-state index in [9.17, 15) is 15.0 Å². The van der Waals surface area contributed by atoms with E-state index in [4.69, 9.17) is 9.47 Å². The zero-order chi connectivity index (χ0) is 29.3. The van der Waals surface area contributed by atoms with Gasteiger partial charge in [-0.2, -0.15) is 0 Å². The second kappa shape index (κ2) is 8.94. The highest BCUT2D eigenvalue weighted by Crippen LogP contribution is 2.87. The van der Waals surface area contributed by atoms with E-state index in [1.54, 1.807) is 0 Å². The van der Waals surface area contributed by atoms with E-state index in [1.165, 1.54) is 38.5 Å². The normalized spacial score (nSPS) is 51.9. The molecule has 0 radical (unpaired) electrons. The van der Waals surface area contributed by atoms with Crippen molar-refractivity contribution in [2.24, 2.45) is 57.2 Å². The molecule has 0 aromatic heterocycles. The van der Waals surface area contributed by atoms with Crippen molar-refractivity contribution in [3.63, 3.8) is 0 Å². The number of carbonyl (C=O) groups is 1. The van der Waals surface area contributed by atoms with Gasteiger partial charge in [0.15, 0.2) is 0 Å². The van der Waals surface area contributed by atoms with Gasteiger partial charge in [-0.25, -0.2) is 0 Å². The number of fused-ring (bicyclic) bond motifs is 2. The Morgan fingerprint density at radius 3 is 2.25 bits per heavy atom. The monoisotopic (exact) mass is 558 g/mol. The molecular formula is C35H58O5. The number of aliphatic hydroxyl groups is 2. The number of esters is 1. The molecule has 40 heavy (non-hydrogen) atoms. The van der Waals surface area contributed by atoms with Crippen LogP contribution in [0.2, 0.25) is 0 Å². The average molecular weight is 559 g/mol. The van der Waals surface area contributed by atoms with Crippen LogP contribution in [-0.4, -0.2) is 45.7 Å². The molecule has 5 heteroatoms. The third-order valence-electron chi connectivity index (χ3n) is 14.6. The molecule has 0 bridgehead atoms. The van der Waals surface area contributed by atoms with E-state index in [-0.39, 0.29) is 52.5 Å². The summed E-state index contributed by atoms with van der Waals surface area (Å²) in [6, 6.07) is 0. The molecule has 6 rings (SSSR count). The van der Waals surface area contributed by atoms with Crippen molar-refractivity contribution in [3.8, 4) is 0 Å². The van der Waals surface area contributed by atoms with Crippen LogP contribution in [0.1, 0.15) is 127 Å². The third-order valence-corrected chi connectivity index (χ3v) is 14.6. The minimum absolute atomic E-state index is 0.00513. The molecule has 2 spiro atoms. The fraction of sp³-hybridized carbons (Fsp3) is 0.971. The lowest BCUT2D eigenvalue weighted by Gasteiger charge is -2.60. The Morgan fingerprint density at radius 1 is 0.925 bits per heavy atom.